The van der Waals surface area contributed by atoms with Gasteiger partial charge in [0.25, 0.3) is 10.0 Å². The molecule has 2 aromatic rings. The van der Waals surface area contributed by atoms with Crippen molar-refractivity contribution < 1.29 is 13.5 Å². The van der Waals surface area contributed by atoms with Crippen LogP contribution in [-0.2, 0) is 16.6 Å². The van der Waals surface area contributed by atoms with Crippen LogP contribution in [0.3, 0.4) is 0 Å². The van der Waals surface area contributed by atoms with Crippen molar-refractivity contribution in [3.8, 4) is 0 Å². The molecule has 110 valence electrons. The number of aromatic nitrogens is 1. The highest BCUT2D eigenvalue weighted by atomic mass is 32.2. The number of aryl methyl sites for hydroxylation is 1. The first-order chi connectivity index (χ1) is 9.33. The highest BCUT2D eigenvalue weighted by molar-refractivity contribution is 7.94. The van der Waals surface area contributed by atoms with Crippen molar-refractivity contribution in [2.75, 3.05) is 4.72 Å². The van der Waals surface area contributed by atoms with E-state index in [4.69, 9.17) is 5.11 Å². The fourth-order valence-corrected chi connectivity index (χ4v) is 5.12. The number of aliphatic hydroxyl groups is 1. The van der Waals surface area contributed by atoms with Gasteiger partial charge in [-0.05, 0) is 24.5 Å². The number of sulfonamides is 1. The minimum absolute atomic E-state index is 0.152. The van der Waals surface area contributed by atoms with Crippen LogP contribution in [0.15, 0.2) is 15.7 Å². The zero-order chi connectivity index (χ0) is 14.9. The SMILES string of the molecule is Cc1cc(S(=O)(=O)Nc2nc(C(C)C)cs2)sc1CO. The molecule has 0 aliphatic heterocycles. The van der Waals surface area contributed by atoms with E-state index >= 15 is 0 Å². The van der Waals surface area contributed by atoms with Gasteiger partial charge >= 0.3 is 0 Å². The van der Waals surface area contributed by atoms with Crippen LogP contribution in [0.5, 0.6) is 0 Å². The quantitative estimate of drug-likeness (QED) is 0.882. The molecule has 5 nitrogen and oxygen atoms in total. The summed E-state index contributed by atoms with van der Waals surface area (Å²) in [7, 11) is -3.63. The first-order valence-electron chi connectivity index (χ1n) is 6.02. The minimum Gasteiger partial charge on any atom is -0.391 e. The Morgan fingerprint density at radius 3 is 2.65 bits per heavy atom. The standard InChI is InChI=1S/C12H16N2O3S3/c1-7(2)9-6-18-12(13-9)14-20(16,17)11-4-8(3)10(5-15)19-11/h4,6-7,15H,5H2,1-3H3,(H,13,14). The van der Waals surface area contributed by atoms with E-state index in [1.807, 2.05) is 19.2 Å². The lowest BCUT2D eigenvalue weighted by atomic mass is 10.2. The Morgan fingerprint density at radius 1 is 1.45 bits per heavy atom. The molecule has 2 N–H and O–H groups in total. The fraction of sp³-hybridized carbons (Fsp3) is 0.417. The molecule has 0 fully saturated rings. The van der Waals surface area contributed by atoms with Crippen LogP contribution in [-0.4, -0.2) is 18.5 Å². The third-order valence-electron chi connectivity index (χ3n) is 2.74. The Bertz CT molecular complexity index is 701. The van der Waals surface area contributed by atoms with E-state index in [9.17, 15) is 8.42 Å². The van der Waals surface area contributed by atoms with Gasteiger partial charge in [0.15, 0.2) is 5.13 Å². The molecule has 20 heavy (non-hydrogen) atoms. The predicted octanol–water partition coefficient (Wildman–Crippen LogP) is 2.93. The second-order valence-electron chi connectivity index (χ2n) is 4.67. The van der Waals surface area contributed by atoms with E-state index in [2.05, 4.69) is 9.71 Å². The molecule has 8 heteroatoms. The number of hydrogen-bond donors (Lipinski definition) is 2. The highest BCUT2D eigenvalue weighted by Crippen LogP contribution is 2.29. The molecule has 0 aliphatic rings. The van der Waals surface area contributed by atoms with E-state index in [1.165, 1.54) is 11.3 Å². The van der Waals surface area contributed by atoms with Crippen LogP contribution in [0.25, 0.3) is 0 Å². The Hall–Kier alpha value is -0.960. The lowest BCUT2D eigenvalue weighted by Gasteiger charge is -2.02. The van der Waals surface area contributed by atoms with Crippen LogP contribution in [0.4, 0.5) is 5.13 Å². The van der Waals surface area contributed by atoms with E-state index in [0.29, 0.717) is 10.0 Å². The molecule has 0 atom stereocenters. The van der Waals surface area contributed by atoms with Gasteiger partial charge in [-0.25, -0.2) is 13.4 Å². The topological polar surface area (TPSA) is 79.3 Å². The number of nitrogens with zero attached hydrogens (tertiary/aromatic N) is 1. The summed E-state index contributed by atoms with van der Waals surface area (Å²) in [5.41, 5.74) is 1.64. The van der Waals surface area contributed by atoms with Gasteiger partial charge in [0, 0.05) is 10.3 Å². The van der Waals surface area contributed by atoms with Crippen molar-refractivity contribution in [1.82, 2.24) is 4.98 Å². The van der Waals surface area contributed by atoms with Crippen molar-refractivity contribution in [2.45, 2.75) is 37.5 Å². The summed E-state index contributed by atoms with van der Waals surface area (Å²) in [4.78, 5) is 4.91. The first-order valence-corrected chi connectivity index (χ1v) is 9.20. The molecule has 0 aliphatic carbocycles. The molecule has 2 heterocycles. The Balaban J connectivity index is 2.25. The molecule has 0 aromatic carbocycles. The molecule has 0 radical (unpaired) electrons. The number of hydrogen-bond acceptors (Lipinski definition) is 6. The number of thiazole rings is 1. The molecule has 2 aromatic heterocycles. The number of nitrogens with one attached hydrogen (secondary N) is 1. The maximum atomic E-state index is 12.2. The zero-order valence-electron chi connectivity index (χ0n) is 11.4. The average molecular weight is 332 g/mol. The van der Waals surface area contributed by atoms with Crippen LogP contribution in [0, 0.1) is 6.92 Å². The third kappa shape index (κ3) is 3.20. The summed E-state index contributed by atoms with van der Waals surface area (Å²) in [5, 5.41) is 11.4. The second kappa shape index (κ2) is 5.80. The average Bonchev–Trinajstić information content (AvgIpc) is 2.95. The van der Waals surface area contributed by atoms with Gasteiger partial charge in [-0.15, -0.1) is 22.7 Å². The number of rotatable bonds is 5. The van der Waals surface area contributed by atoms with Gasteiger partial charge in [-0.2, -0.15) is 0 Å². The monoisotopic (exact) mass is 332 g/mol. The molecule has 0 saturated heterocycles. The van der Waals surface area contributed by atoms with Crippen molar-refractivity contribution in [2.24, 2.45) is 0 Å². The van der Waals surface area contributed by atoms with Gasteiger partial charge in [0.05, 0.1) is 12.3 Å². The normalized spacial score (nSPS) is 12.1. The maximum Gasteiger partial charge on any atom is 0.273 e. The highest BCUT2D eigenvalue weighted by Gasteiger charge is 2.20. The fourth-order valence-electron chi connectivity index (χ4n) is 1.54. The molecule has 0 amide bonds. The van der Waals surface area contributed by atoms with Crippen molar-refractivity contribution in [3.63, 3.8) is 0 Å². The summed E-state index contributed by atoms with van der Waals surface area (Å²) in [6.45, 7) is 5.63. The minimum atomic E-state index is -3.63. The Morgan fingerprint density at radius 2 is 2.15 bits per heavy atom. The molecule has 2 rings (SSSR count). The van der Waals surface area contributed by atoms with Crippen LogP contribution >= 0.6 is 22.7 Å². The zero-order valence-corrected chi connectivity index (χ0v) is 13.8. The van der Waals surface area contributed by atoms with Crippen LogP contribution in [0.2, 0.25) is 0 Å². The van der Waals surface area contributed by atoms with Gasteiger partial charge in [-0.1, -0.05) is 13.8 Å². The summed E-state index contributed by atoms with van der Waals surface area (Å²) < 4.78 is 27.2. The summed E-state index contributed by atoms with van der Waals surface area (Å²) in [5.74, 6) is 0.259. The van der Waals surface area contributed by atoms with Crippen LogP contribution in [0.1, 0.15) is 35.9 Å². The molecular weight excluding hydrogens is 316 g/mol. The smallest absolute Gasteiger partial charge is 0.273 e. The van der Waals surface area contributed by atoms with Gasteiger partial charge in [0.2, 0.25) is 0 Å². The number of thiophene rings is 1. The largest absolute Gasteiger partial charge is 0.391 e. The van der Waals surface area contributed by atoms with E-state index < -0.39 is 10.0 Å². The van der Waals surface area contributed by atoms with Gasteiger partial charge in [-0.3, -0.25) is 4.72 Å². The third-order valence-corrected chi connectivity index (χ3v) is 6.68. The summed E-state index contributed by atoms with van der Waals surface area (Å²) >= 11 is 2.35. The van der Waals surface area contributed by atoms with E-state index in [0.717, 1.165) is 22.6 Å². The van der Waals surface area contributed by atoms with Crippen molar-refractivity contribution in [1.29, 1.82) is 0 Å². The Kier molecular flexibility index (Phi) is 4.48. The molecular formula is C12H16N2O3S3. The number of aliphatic hydroxyl groups excluding tert-OH is 1. The van der Waals surface area contributed by atoms with Crippen molar-refractivity contribution in [3.05, 3.63) is 27.6 Å². The molecule has 0 bridgehead atoms. The second-order valence-corrected chi connectivity index (χ2v) is 8.57. The molecule has 0 saturated carbocycles. The van der Waals surface area contributed by atoms with Gasteiger partial charge in [0.1, 0.15) is 4.21 Å². The van der Waals surface area contributed by atoms with Crippen molar-refractivity contribution >= 4 is 37.8 Å². The summed E-state index contributed by atoms with van der Waals surface area (Å²) in [6, 6.07) is 1.56. The predicted molar refractivity (Wildman–Crippen MR) is 82.0 cm³/mol. The summed E-state index contributed by atoms with van der Waals surface area (Å²) in [6.07, 6.45) is 0. The lowest BCUT2D eigenvalue weighted by Crippen LogP contribution is -2.11. The van der Waals surface area contributed by atoms with E-state index in [-0.39, 0.29) is 16.7 Å². The van der Waals surface area contributed by atoms with Gasteiger partial charge < -0.3 is 5.11 Å². The maximum absolute atomic E-state index is 12.2. The number of anilines is 1. The Labute approximate surface area is 126 Å². The molecule has 0 spiro atoms. The molecule has 0 unspecified atom stereocenters. The van der Waals surface area contributed by atoms with Crippen LogP contribution < -0.4 is 4.72 Å². The lowest BCUT2D eigenvalue weighted by molar-refractivity contribution is 0.285. The van der Waals surface area contributed by atoms with E-state index in [1.54, 1.807) is 13.0 Å². The first kappa shape index (κ1) is 15.4.